The molecule has 1 aromatic carbocycles. The predicted octanol–water partition coefficient (Wildman–Crippen LogP) is 3.70. The average molecular weight is 329 g/mol. The second-order valence-electron chi connectivity index (χ2n) is 7.05. The van der Waals surface area contributed by atoms with E-state index in [-0.39, 0.29) is 18.1 Å². The number of hydrogen-bond acceptors (Lipinski definition) is 5. The normalized spacial score (nSPS) is 19.5. The molecule has 0 amide bonds. The molecule has 2 unspecified atom stereocenters. The van der Waals surface area contributed by atoms with Crippen LogP contribution in [-0.4, -0.2) is 33.2 Å². The number of benzene rings is 1. The molecule has 5 heteroatoms. The van der Waals surface area contributed by atoms with Crippen molar-refractivity contribution in [3.8, 4) is 0 Å². The highest BCUT2D eigenvalue weighted by atomic mass is 16.5. The van der Waals surface area contributed by atoms with E-state index in [1.807, 2.05) is 30.3 Å². The lowest BCUT2D eigenvalue weighted by Crippen LogP contribution is -2.37. The highest BCUT2D eigenvalue weighted by Crippen LogP contribution is 2.33. The number of aromatic nitrogens is 2. The molecular formula is C19H27N3O2. The van der Waals surface area contributed by atoms with Crippen LogP contribution in [0, 0.1) is 5.92 Å². The van der Waals surface area contributed by atoms with Gasteiger partial charge < -0.3 is 9.63 Å². The first-order chi connectivity index (χ1) is 11.6. The quantitative estimate of drug-likeness (QED) is 0.906. The summed E-state index contributed by atoms with van der Waals surface area (Å²) in [5, 5.41) is 14.7. The molecular weight excluding hydrogens is 302 g/mol. The molecule has 1 aromatic heterocycles. The molecule has 2 heterocycles. The molecule has 1 aliphatic heterocycles. The maximum atomic E-state index is 10.6. The summed E-state index contributed by atoms with van der Waals surface area (Å²) >= 11 is 0. The molecule has 1 aliphatic rings. The Balaban J connectivity index is 1.58. The van der Waals surface area contributed by atoms with E-state index in [1.165, 1.54) is 0 Å². The Bertz CT molecular complexity index is 633. The van der Waals surface area contributed by atoms with Crippen molar-refractivity contribution in [2.24, 2.45) is 5.92 Å². The SMILES string of the molecule is CC(C)c1noc(C(C)N2CCC(C(O)c3ccccc3)CC2)n1. The van der Waals surface area contributed by atoms with E-state index in [4.69, 9.17) is 4.52 Å². The van der Waals surface area contributed by atoms with Gasteiger partial charge in [0.25, 0.3) is 0 Å². The van der Waals surface area contributed by atoms with Crippen molar-refractivity contribution >= 4 is 0 Å². The number of hydrogen-bond donors (Lipinski definition) is 1. The Hall–Kier alpha value is -1.72. The highest BCUT2D eigenvalue weighted by molar-refractivity contribution is 5.18. The van der Waals surface area contributed by atoms with E-state index < -0.39 is 0 Å². The van der Waals surface area contributed by atoms with Gasteiger partial charge in [-0.2, -0.15) is 4.98 Å². The van der Waals surface area contributed by atoms with Crippen molar-refractivity contribution in [3.63, 3.8) is 0 Å². The van der Waals surface area contributed by atoms with Gasteiger partial charge in [0.15, 0.2) is 5.82 Å². The molecule has 24 heavy (non-hydrogen) atoms. The monoisotopic (exact) mass is 329 g/mol. The summed E-state index contributed by atoms with van der Waals surface area (Å²) in [4.78, 5) is 6.88. The van der Waals surface area contributed by atoms with Gasteiger partial charge in [-0.3, -0.25) is 4.90 Å². The zero-order valence-corrected chi connectivity index (χ0v) is 14.7. The maximum Gasteiger partial charge on any atom is 0.243 e. The Labute approximate surface area is 143 Å². The molecule has 0 saturated carbocycles. The zero-order valence-electron chi connectivity index (χ0n) is 14.7. The summed E-state index contributed by atoms with van der Waals surface area (Å²) in [5.41, 5.74) is 1.02. The van der Waals surface area contributed by atoms with Gasteiger partial charge in [-0.25, -0.2) is 0 Å². The van der Waals surface area contributed by atoms with Crippen LogP contribution < -0.4 is 0 Å². The second-order valence-corrected chi connectivity index (χ2v) is 7.05. The fourth-order valence-electron chi connectivity index (χ4n) is 3.35. The van der Waals surface area contributed by atoms with Gasteiger partial charge >= 0.3 is 0 Å². The Morgan fingerprint density at radius 3 is 2.38 bits per heavy atom. The van der Waals surface area contributed by atoms with E-state index >= 15 is 0 Å². The van der Waals surface area contributed by atoms with E-state index in [0.29, 0.717) is 11.8 Å². The van der Waals surface area contributed by atoms with Crippen LogP contribution in [0.2, 0.25) is 0 Å². The average Bonchev–Trinajstić information content (AvgIpc) is 3.12. The first-order valence-electron chi connectivity index (χ1n) is 8.86. The lowest BCUT2D eigenvalue weighted by Gasteiger charge is -2.36. The third-order valence-corrected chi connectivity index (χ3v) is 5.04. The molecule has 0 spiro atoms. The third kappa shape index (κ3) is 3.68. The Morgan fingerprint density at radius 2 is 1.79 bits per heavy atom. The maximum absolute atomic E-state index is 10.6. The number of piperidine rings is 1. The largest absolute Gasteiger partial charge is 0.388 e. The van der Waals surface area contributed by atoms with Crippen molar-refractivity contribution in [2.75, 3.05) is 13.1 Å². The number of rotatable bonds is 5. The van der Waals surface area contributed by atoms with Gasteiger partial charge in [0.1, 0.15) is 0 Å². The molecule has 5 nitrogen and oxygen atoms in total. The summed E-state index contributed by atoms with van der Waals surface area (Å²) in [6.45, 7) is 8.13. The van der Waals surface area contributed by atoms with E-state index in [1.54, 1.807) is 0 Å². The first kappa shape index (κ1) is 17.1. The molecule has 1 saturated heterocycles. The molecule has 1 N–H and O–H groups in total. The van der Waals surface area contributed by atoms with E-state index in [0.717, 1.165) is 37.3 Å². The lowest BCUT2D eigenvalue weighted by molar-refractivity contribution is 0.0420. The third-order valence-electron chi connectivity index (χ3n) is 5.04. The summed E-state index contributed by atoms with van der Waals surface area (Å²) in [5.74, 6) is 2.05. The minimum absolute atomic E-state index is 0.125. The second kappa shape index (κ2) is 7.45. The smallest absolute Gasteiger partial charge is 0.243 e. The predicted molar refractivity (Wildman–Crippen MR) is 92.5 cm³/mol. The lowest BCUT2D eigenvalue weighted by atomic mass is 9.87. The van der Waals surface area contributed by atoms with Crippen LogP contribution in [0.25, 0.3) is 0 Å². The Kier molecular flexibility index (Phi) is 5.31. The molecule has 0 bridgehead atoms. The van der Waals surface area contributed by atoms with Gasteiger partial charge in [0.05, 0.1) is 12.1 Å². The molecule has 2 atom stereocenters. The van der Waals surface area contributed by atoms with E-state index in [2.05, 4.69) is 35.8 Å². The number of likely N-dealkylation sites (tertiary alicyclic amines) is 1. The van der Waals surface area contributed by atoms with Gasteiger partial charge in [0, 0.05) is 5.92 Å². The molecule has 0 radical (unpaired) electrons. The van der Waals surface area contributed by atoms with Crippen LogP contribution in [0.5, 0.6) is 0 Å². The van der Waals surface area contributed by atoms with Gasteiger partial charge in [-0.15, -0.1) is 0 Å². The summed E-state index contributed by atoms with van der Waals surface area (Å²) < 4.78 is 5.43. The molecule has 130 valence electrons. The van der Waals surface area contributed by atoms with Crippen LogP contribution in [0.1, 0.15) is 69.0 Å². The summed E-state index contributed by atoms with van der Waals surface area (Å²) in [6, 6.07) is 10.1. The minimum atomic E-state index is -0.375. The van der Waals surface area contributed by atoms with Crippen molar-refractivity contribution < 1.29 is 9.63 Å². The van der Waals surface area contributed by atoms with Crippen molar-refractivity contribution in [2.45, 2.75) is 51.7 Å². The summed E-state index contributed by atoms with van der Waals surface area (Å²) in [7, 11) is 0. The van der Waals surface area contributed by atoms with Crippen LogP contribution in [-0.2, 0) is 0 Å². The van der Waals surface area contributed by atoms with Crippen molar-refractivity contribution in [1.82, 2.24) is 15.0 Å². The van der Waals surface area contributed by atoms with Crippen LogP contribution in [0.4, 0.5) is 0 Å². The standard InChI is InChI=1S/C19H27N3O2/c1-13(2)18-20-19(24-21-18)14(3)22-11-9-16(10-12-22)17(23)15-7-5-4-6-8-15/h4-8,13-14,16-17,23H,9-12H2,1-3H3. The van der Waals surface area contributed by atoms with Gasteiger partial charge in [-0.05, 0) is 44.3 Å². The Morgan fingerprint density at radius 1 is 1.12 bits per heavy atom. The van der Waals surface area contributed by atoms with Crippen molar-refractivity contribution in [1.29, 1.82) is 0 Å². The number of aliphatic hydroxyl groups is 1. The highest BCUT2D eigenvalue weighted by Gasteiger charge is 2.30. The van der Waals surface area contributed by atoms with Crippen LogP contribution >= 0.6 is 0 Å². The minimum Gasteiger partial charge on any atom is -0.388 e. The van der Waals surface area contributed by atoms with Gasteiger partial charge in [0.2, 0.25) is 5.89 Å². The topological polar surface area (TPSA) is 62.4 Å². The van der Waals surface area contributed by atoms with Gasteiger partial charge in [-0.1, -0.05) is 49.3 Å². The van der Waals surface area contributed by atoms with Crippen LogP contribution in [0.3, 0.4) is 0 Å². The first-order valence-corrected chi connectivity index (χ1v) is 8.86. The summed E-state index contributed by atoms with van der Waals surface area (Å²) in [6.07, 6.45) is 1.58. The molecule has 2 aromatic rings. The molecule has 0 aliphatic carbocycles. The number of nitrogens with zero attached hydrogens (tertiary/aromatic N) is 3. The molecule has 1 fully saturated rings. The van der Waals surface area contributed by atoms with E-state index in [9.17, 15) is 5.11 Å². The zero-order chi connectivity index (χ0) is 17.1. The fraction of sp³-hybridized carbons (Fsp3) is 0.579. The fourth-order valence-corrected chi connectivity index (χ4v) is 3.35. The van der Waals surface area contributed by atoms with Crippen LogP contribution in [0.15, 0.2) is 34.9 Å². The molecule has 3 rings (SSSR count). The number of aliphatic hydroxyl groups excluding tert-OH is 1. The van der Waals surface area contributed by atoms with Crippen molar-refractivity contribution in [3.05, 3.63) is 47.6 Å².